The molecule has 0 spiro atoms. The summed E-state index contributed by atoms with van der Waals surface area (Å²) in [5, 5.41) is 0.959. The molecular formula is C20H19ClN2O4S2. The van der Waals surface area contributed by atoms with Gasteiger partial charge in [0, 0.05) is 10.3 Å². The molecule has 29 heavy (non-hydrogen) atoms. The van der Waals surface area contributed by atoms with Crippen LogP contribution in [0.25, 0.3) is 0 Å². The van der Waals surface area contributed by atoms with E-state index in [1.165, 1.54) is 11.8 Å². The Morgan fingerprint density at radius 3 is 2.66 bits per heavy atom. The second-order valence-corrected chi connectivity index (χ2v) is 10.7. The lowest BCUT2D eigenvalue weighted by Crippen LogP contribution is -2.38. The third-order valence-corrected chi connectivity index (χ3v) is 8.36. The maximum absolute atomic E-state index is 12.6. The molecular weight excluding hydrogens is 432 g/mol. The molecule has 0 N–H and O–H groups in total. The Kier molecular flexibility index (Phi) is 5.59. The number of fused-ring (bicyclic) bond motifs is 1. The van der Waals surface area contributed by atoms with Crippen LogP contribution in [0.4, 0.5) is 5.69 Å². The zero-order valence-electron chi connectivity index (χ0n) is 15.6. The van der Waals surface area contributed by atoms with Crippen molar-refractivity contribution in [2.75, 3.05) is 23.5 Å². The number of amidine groups is 1. The van der Waals surface area contributed by atoms with Gasteiger partial charge in [0.15, 0.2) is 15.0 Å². The van der Waals surface area contributed by atoms with Crippen LogP contribution in [0.2, 0.25) is 5.02 Å². The van der Waals surface area contributed by atoms with Crippen LogP contribution < -0.4 is 9.64 Å². The minimum Gasteiger partial charge on any atom is -0.495 e. The van der Waals surface area contributed by atoms with E-state index in [2.05, 4.69) is 4.99 Å². The summed E-state index contributed by atoms with van der Waals surface area (Å²) >= 11 is 7.24. The van der Waals surface area contributed by atoms with E-state index in [0.717, 1.165) is 5.56 Å². The number of hydrogen-bond donors (Lipinski definition) is 0. The number of amides is 1. The summed E-state index contributed by atoms with van der Waals surface area (Å²) in [5.41, 5.74) is 1.53. The van der Waals surface area contributed by atoms with Crippen molar-refractivity contribution in [1.82, 2.24) is 0 Å². The minimum absolute atomic E-state index is 0.0348. The summed E-state index contributed by atoms with van der Waals surface area (Å²) in [6, 6.07) is 14.1. The van der Waals surface area contributed by atoms with Crippen LogP contribution in [-0.4, -0.2) is 49.4 Å². The number of carbonyl (C=O) groups excluding carboxylic acids is 1. The third kappa shape index (κ3) is 4.29. The molecule has 2 heterocycles. The predicted molar refractivity (Wildman–Crippen MR) is 117 cm³/mol. The first-order chi connectivity index (χ1) is 13.9. The maximum atomic E-state index is 12.6. The summed E-state index contributed by atoms with van der Waals surface area (Å²) in [7, 11) is -1.56. The lowest BCUT2D eigenvalue weighted by atomic mass is 10.1. The normalized spacial score (nSPS) is 23.9. The molecule has 2 atom stereocenters. The molecule has 2 fully saturated rings. The summed E-state index contributed by atoms with van der Waals surface area (Å²) in [6.45, 7) is 0. The molecule has 0 unspecified atom stereocenters. The van der Waals surface area contributed by atoms with Crippen LogP contribution in [0.1, 0.15) is 5.56 Å². The topological polar surface area (TPSA) is 76.0 Å². The van der Waals surface area contributed by atoms with Crippen molar-refractivity contribution in [1.29, 1.82) is 0 Å². The number of hydrogen-bond acceptors (Lipinski definition) is 5. The number of sulfone groups is 1. The van der Waals surface area contributed by atoms with Crippen molar-refractivity contribution in [2.45, 2.75) is 17.7 Å². The van der Waals surface area contributed by atoms with E-state index in [0.29, 0.717) is 21.6 Å². The Labute approximate surface area is 178 Å². The van der Waals surface area contributed by atoms with Gasteiger partial charge in [0.25, 0.3) is 5.91 Å². The Bertz CT molecular complexity index is 1070. The largest absolute Gasteiger partial charge is 0.495 e. The molecule has 2 aromatic rings. The molecule has 9 heteroatoms. The molecule has 0 aliphatic carbocycles. The summed E-state index contributed by atoms with van der Waals surface area (Å²) in [6.07, 6.45) is 0.147. The average molecular weight is 451 g/mol. The number of para-hydroxylation sites is 2. The molecule has 0 radical (unpaired) electrons. The monoisotopic (exact) mass is 450 g/mol. The number of nitrogens with zero attached hydrogens (tertiary/aromatic N) is 2. The molecule has 0 aromatic heterocycles. The van der Waals surface area contributed by atoms with Crippen molar-refractivity contribution in [3.8, 4) is 5.75 Å². The van der Waals surface area contributed by atoms with Crippen molar-refractivity contribution >= 4 is 50.0 Å². The number of halogens is 1. The van der Waals surface area contributed by atoms with Crippen molar-refractivity contribution in [3.63, 3.8) is 0 Å². The van der Waals surface area contributed by atoms with Crippen molar-refractivity contribution < 1.29 is 17.9 Å². The zero-order chi connectivity index (χ0) is 20.6. The van der Waals surface area contributed by atoms with Gasteiger partial charge in [-0.2, -0.15) is 4.99 Å². The van der Waals surface area contributed by atoms with Crippen LogP contribution in [0, 0.1) is 0 Å². The van der Waals surface area contributed by atoms with Crippen LogP contribution >= 0.6 is 23.4 Å². The fourth-order valence-electron chi connectivity index (χ4n) is 3.60. The Morgan fingerprint density at radius 2 is 1.93 bits per heavy atom. The fourth-order valence-corrected chi connectivity index (χ4v) is 7.65. The number of benzene rings is 2. The second-order valence-electron chi connectivity index (χ2n) is 6.93. The summed E-state index contributed by atoms with van der Waals surface area (Å²) in [5.74, 6) is 0.430. The van der Waals surface area contributed by atoms with Crippen LogP contribution in [0.15, 0.2) is 53.5 Å². The minimum atomic E-state index is -3.13. The quantitative estimate of drug-likeness (QED) is 0.712. The van der Waals surface area contributed by atoms with Gasteiger partial charge >= 0.3 is 0 Å². The number of thioether (sulfide) groups is 1. The SMILES string of the molecule is COc1ccccc1N1C(=NC(=O)Cc2ccc(Cl)cc2)S[C@H]2CS(=O)(=O)C[C@@H]21. The maximum Gasteiger partial charge on any atom is 0.252 e. The van der Waals surface area contributed by atoms with E-state index < -0.39 is 9.84 Å². The van der Waals surface area contributed by atoms with E-state index >= 15 is 0 Å². The first-order valence-electron chi connectivity index (χ1n) is 9.01. The average Bonchev–Trinajstić information content (AvgIpc) is 3.14. The van der Waals surface area contributed by atoms with Gasteiger partial charge in [-0.1, -0.05) is 47.6 Å². The lowest BCUT2D eigenvalue weighted by Gasteiger charge is -2.26. The number of ether oxygens (including phenoxy) is 1. The molecule has 0 saturated carbocycles. The first-order valence-corrected chi connectivity index (χ1v) is 12.1. The number of carbonyl (C=O) groups is 1. The number of aliphatic imine (C=N–C) groups is 1. The fraction of sp³-hybridized carbons (Fsp3) is 0.300. The zero-order valence-corrected chi connectivity index (χ0v) is 18.0. The van der Waals surface area contributed by atoms with Gasteiger partial charge in [0.2, 0.25) is 0 Å². The van der Waals surface area contributed by atoms with Crippen molar-refractivity contribution in [3.05, 3.63) is 59.1 Å². The predicted octanol–water partition coefficient (Wildman–Crippen LogP) is 3.19. The van der Waals surface area contributed by atoms with Gasteiger partial charge in [-0.3, -0.25) is 4.79 Å². The van der Waals surface area contributed by atoms with E-state index in [1.807, 2.05) is 29.2 Å². The molecule has 2 aliphatic rings. The van der Waals surface area contributed by atoms with E-state index in [1.54, 1.807) is 31.4 Å². The molecule has 2 aromatic carbocycles. The standard InChI is InChI=1S/C20H19ClN2O4S2/c1-27-17-5-3-2-4-15(17)23-16-11-29(25,26)12-18(16)28-20(23)22-19(24)10-13-6-8-14(21)9-7-13/h2-9,16,18H,10-12H2,1H3/t16-,18-/m0/s1. The van der Waals surface area contributed by atoms with Gasteiger partial charge < -0.3 is 9.64 Å². The number of rotatable bonds is 4. The lowest BCUT2D eigenvalue weighted by molar-refractivity contribution is -0.117. The number of methoxy groups -OCH3 is 1. The molecule has 2 saturated heterocycles. The smallest absolute Gasteiger partial charge is 0.252 e. The highest BCUT2D eigenvalue weighted by atomic mass is 35.5. The molecule has 2 aliphatic heterocycles. The molecule has 1 amide bonds. The van der Waals surface area contributed by atoms with Gasteiger partial charge in [-0.05, 0) is 29.8 Å². The van der Waals surface area contributed by atoms with Gasteiger partial charge in [0.05, 0.1) is 36.8 Å². The summed E-state index contributed by atoms with van der Waals surface area (Å²) in [4.78, 5) is 18.8. The van der Waals surface area contributed by atoms with Crippen LogP contribution in [-0.2, 0) is 21.1 Å². The first kappa shape index (κ1) is 20.3. The molecule has 152 valence electrons. The van der Waals surface area contributed by atoms with Crippen LogP contribution in [0.3, 0.4) is 0 Å². The van der Waals surface area contributed by atoms with Gasteiger partial charge in [-0.25, -0.2) is 8.42 Å². The van der Waals surface area contributed by atoms with Gasteiger partial charge in [0.1, 0.15) is 5.75 Å². The van der Waals surface area contributed by atoms with Crippen molar-refractivity contribution in [2.24, 2.45) is 4.99 Å². The highest BCUT2D eigenvalue weighted by molar-refractivity contribution is 8.16. The van der Waals surface area contributed by atoms with E-state index in [-0.39, 0.29) is 35.1 Å². The molecule has 0 bridgehead atoms. The molecule has 4 rings (SSSR count). The number of anilines is 1. The Hall–Kier alpha value is -2.03. The third-order valence-electron chi connectivity index (χ3n) is 4.90. The van der Waals surface area contributed by atoms with Crippen LogP contribution in [0.5, 0.6) is 5.75 Å². The van der Waals surface area contributed by atoms with E-state index in [9.17, 15) is 13.2 Å². The highest BCUT2D eigenvalue weighted by Gasteiger charge is 2.50. The Balaban J connectivity index is 1.66. The second kappa shape index (κ2) is 8.01. The summed E-state index contributed by atoms with van der Waals surface area (Å²) < 4.78 is 29.8. The Morgan fingerprint density at radius 1 is 1.21 bits per heavy atom. The molecule has 6 nitrogen and oxygen atoms in total. The van der Waals surface area contributed by atoms with Gasteiger partial charge in [-0.15, -0.1) is 0 Å². The van der Waals surface area contributed by atoms with E-state index in [4.69, 9.17) is 16.3 Å². The highest BCUT2D eigenvalue weighted by Crippen LogP contribution is 2.43.